The average molecular weight is 645 g/mol. The van der Waals surface area contributed by atoms with Crippen LogP contribution in [0.1, 0.15) is 35.2 Å². The number of nitrogens with one attached hydrogen (secondary N) is 1. The predicted molar refractivity (Wildman–Crippen MR) is 206 cm³/mol. The second kappa shape index (κ2) is 11.7. The van der Waals surface area contributed by atoms with E-state index >= 15 is 0 Å². The molecule has 6 heteroatoms. The van der Waals surface area contributed by atoms with Crippen LogP contribution in [0.5, 0.6) is 0 Å². The maximum absolute atomic E-state index is 5.11. The van der Waals surface area contributed by atoms with Crippen molar-refractivity contribution in [1.82, 2.24) is 14.5 Å². The van der Waals surface area contributed by atoms with E-state index in [4.69, 9.17) is 15.6 Å². The lowest BCUT2D eigenvalue weighted by molar-refractivity contribution is 0.488. The minimum atomic E-state index is -0.253. The highest BCUT2D eigenvalue weighted by Gasteiger charge is 2.20. The molecule has 0 fully saturated rings. The van der Waals surface area contributed by atoms with E-state index in [0.29, 0.717) is 0 Å². The number of benzene rings is 6. The molecule has 3 unspecified atom stereocenters. The monoisotopic (exact) mass is 644 g/mol. The molecule has 6 nitrogen and oxygen atoms in total. The summed E-state index contributed by atoms with van der Waals surface area (Å²) in [6.07, 6.45) is 7.56. The van der Waals surface area contributed by atoms with E-state index in [9.17, 15) is 0 Å². The highest BCUT2D eigenvalue weighted by Crippen LogP contribution is 2.41. The third kappa shape index (κ3) is 4.65. The van der Waals surface area contributed by atoms with Gasteiger partial charge in [0, 0.05) is 45.1 Å². The van der Waals surface area contributed by atoms with Crippen molar-refractivity contribution in [3.05, 3.63) is 197 Å². The van der Waals surface area contributed by atoms with Gasteiger partial charge in [-0.3, -0.25) is 0 Å². The number of allylic oxidation sites excluding steroid dienone is 2. The SMILES string of the molecule is C1=C[N-]C(n2c3ccccc3c3cc4c5ccccc5n(-c5ccc(C6N=C(c7ccccc7)[N-]C(c7ccccc7)N6)cc5)c4cc32)C=C1. The van der Waals surface area contributed by atoms with Crippen molar-refractivity contribution in [2.45, 2.75) is 18.5 Å². The number of amidine groups is 1. The fourth-order valence-electron chi connectivity index (χ4n) is 7.60. The van der Waals surface area contributed by atoms with Crippen molar-refractivity contribution in [3.63, 3.8) is 0 Å². The van der Waals surface area contributed by atoms with Crippen LogP contribution in [0.15, 0.2) is 175 Å². The maximum atomic E-state index is 5.11. The molecular formula is C44H32N6-2. The molecule has 50 heavy (non-hydrogen) atoms. The Kier molecular flexibility index (Phi) is 6.67. The number of nitrogens with zero attached hydrogens (tertiary/aromatic N) is 5. The van der Waals surface area contributed by atoms with E-state index in [1.165, 1.54) is 32.6 Å². The summed E-state index contributed by atoms with van der Waals surface area (Å²) >= 11 is 0. The largest absolute Gasteiger partial charge is 0.668 e. The van der Waals surface area contributed by atoms with Gasteiger partial charge in [0.15, 0.2) is 0 Å². The molecule has 2 aliphatic rings. The van der Waals surface area contributed by atoms with Gasteiger partial charge in [-0.05, 0) is 59.3 Å². The molecule has 3 atom stereocenters. The molecule has 0 saturated carbocycles. The summed E-state index contributed by atoms with van der Waals surface area (Å²) in [5.41, 5.74) is 8.98. The molecule has 6 aromatic carbocycles. The molecule has 0 radical (unpaired) electrons. The van der Waals surface area contributed by atoms with E-state index in [2.05, 4.69) is 148 Å². The summed E-state index contributed by atoms with van der Waals surface area (Å²) < 4.78 is 4.75. The first kappa shape index (κ1) is 28.6. The van der Waals surface area contributed by atoms with Gasteiger partial charge >= 0.3 is 0 Å². The molecule has 0 saturated heterocycles. The lowest BCUT2D eigenvalue weighted by atomic mass is 10.1. The normalized spacial score (nSPS) is 18.8. The summed E-state index contributed by atoms with van der Waals surface area (Å²) in [7, 11) is 0. The minimum absolute atomic E-state index is 0.104. The number of hydrogen-bond acceptors (Lipinski definition) is 2. The Hall–Kier alpha value is -6.37. The van der Waals surface area contributed by atoms with Crippen LogP contribution in [-0.4, -0.2) is 15.0 Å². The van der Waals surface area contributed by atoms with Crippen LogP contribution >= 0.6 is 0 Å². The van der Waals surface area contributed by atoms with Crippen LogP contribution in [-0.2, 0) is 0 Å². The first-order valence-electron chi connectivity index (χ1n) is 17.0. The van der Waals surface area contributed by atoms with Crippen molar-refractivity contribution in [1.29, 1.82) is 0 Å². The molecule has 2 aliphatic heterocycles. The van der Waals surface area contributed by atoms with Crippen molar-refractivity contribution < 1.29 is 0 Å². The van der Waals surface area contributed by atoms with E-state index in [1.54, 1.807) is 0 Å². The average Bonchev–Trinajstić information content (AvgIpc) is 3.70. The van der Waals surface area contributed by atoms with Gasteiger partial charge < -0.3 is 30.1 Å². The zero-order chi connectivity index (χ0) is 33.0. The smallest absolute Gasteiger partial charge is 0.0562 e. The Morgan fingerprint density at radius 1 is 0.560 bits per heavy atom. The van der Waals surface area contributed by atoms with Gasteiger partial charge in [-0.1, -0.05) is 133 Å². The van der Waals surface area contributed by atoms with Crippen LogP contribution in [0, 0.1) is 0 Å². The standard InChI is InChI=1S/C44H32N6/c1-3-13-29(14-4-1)42-46-43(30-15-5-2-6-16-30)48-44(47-42)31-22-24-32(25-23-31)49-37-19-9-7-17-33(37)35-27-36-34-18-8-10-20-38(34)50(40(36)28-39(35)49)41-21-11-12-26-45-41/h1-28,41-42,44,47H/q-2. The molecule has 0 amide bonds. The quantitative estimate of drug-likeness (QED) is 0.199. The molecule has 0 bridgehead atoms. The van der Waals surface area contributed by atoms with Gasteiger partial charge in [-0.25, -0.2) is 0 Å². The topological polar surface area (TPSA) is 62.5 Å². The van der Waals surface area contributed by atoms with E-state index in [1.807, 2.05) is 36.5 Å². The molecule has 1 N–H and O–H groups in total. The third-order valence-corrected chi connectivity index (χ3v) is 9.92. The van der Waals surface area contributed by atoms with Crippen LogP contribution in [0.4, 0.5) is 0 Å². The molecular weight excluding hydrogens is 613 g/mol. The molecule has 4 heterocycles. The van der Waals surface area contributed by atoms with Gasteiger partial charge in [-0.2, -0.15) is 6.20 Å². The van der Waals surface area contributed by atoms with E-state index in [-0.39, 0.29) is 18.5 Å². The number of hydrogen-bond donors (Lipinski definition) is 1. The lowest BCUT2D eigenvalue weighted by Crippen LogP contribution is -2.31. The summed E-state index contributed by atoms with van der Waals surface area (Å²) in [5, 5.41) is 18.5. The van der Waals surface area contributed by atoms with Crippen molar-refractivity contribution in [2.24, 2.45) is 4.99 Å². The van der Waals surface area contributed by atoms with Gasteiger partial charge in [0.2, 0.25) is 0 Å². The molecule has 0 spiro atoms. The molecule has 0 aliphatic carbocycles. The summed E-state index contributed by atoms with van der Waals surface area (Å²) in [6.45, 7) is 0. The van der Waals surface area contributed by atoms with Gasteiger partial charge in [0.25, 0.3) is 0 Å². The van der Waals surface area contributed by atoms with Crippen LogP contribution in [0.2, 0.25) is 0 Å². The van der Waals surface area contributed by atoms with E-state index in [0.717, 1.165) is 39.2 Å². The molecule has 10 rings (SSSR count). The van der Waals surface area contributed by atoms with Crippen LogP contribution < -0.4 is 5.32 Å². The third-order valence-electron chi connectivity index (χ3n) is 9.92. The Balaban J connectivity index is 1.11. The Labute approximate surface area is 289 Å². The Morgan fingerprint density at radius 2 is 1.24 bits per heavy atom. The zero-order valence-corrected chi connectivity index (χ0v) is 27.1. The van der Waals surface area contributed by atoms with Gasteiger partial charge in [0.1, 0.15) is 0 Å². The Bertz CT molecular complexity index is 2630. The van der Waals surface area contributed by atoms with E-state index < -0.39 is 0 Å². The first-order valence-corrected chi connectivity index (χ1v) is 17.0. The van der Waals surface area contributed by atoms with Crippen molar-refractivity contribution >= 4 is 49.4 Å². The fraction of sp³-hybridized carbons (Fsp3) is 0.0682. The highest BCUT2D eigenvalue weighted by molar-refractivity contribution is 6.18. The first-order chi connectivity index (χ1) is 24.8. The Morgan fingerprint density at radius 3 is 2.00 bits per heavy atom. The van der Waals surface area contributed by atoms with Gasteiger partial charge in [0.05, 0.1) is 16.6 Å². The van der Waals surface area contributed by atoms with Crippen molar-refractivity contribution in [2.75, 3.05) is 0 Å². The predicted octanol–water partition coefficient (Wildman–Crippen LogP) is 11.0. The van der Waals surface area contributed by atoms with Crippen LogP contribution in [0.25, 0.3) is 59.9 Å². The molecule has 240 valence electrons. The van der Waals surface area contributed by atoms with Crippen LogP contribution in [0.3, 0.4) is 0 Å². The zero-order valence-electron chi connectivity index (χ0n) is 27.1. The highest BCUT2D eigenvalue weighted by atomic mass is 15.3. The van der Waals surface area contributed by atoms with Gasteiger partial charge in [-0.15, -0.1) is 0 Å². The lowest BCUT2D eigenvalue weighted by Gasteiger charge is -2.40. The summed E-state index contributed by atoms with van der Waals surface area (Å²) in [6, 6.07) is 51.5. The number of rotatable bonds is 5. The summed E-state index contributed by atoms with van der Waals surface area (Å²) in [5.74, 6) is 0.754. The number of fused-ring (bicyclic) bond motifs is 6. The second-order valence-corrected chi connectivity index (χ2v) is 12.8. The second-order valence-electron chi connectivity index (χ2n) is 12.8. The van der Waals surface area contributed by atoms with Crippen molar-refractivity contribution in [3.8, 4) is 5.69 Å². The molecule has 8 aromatic rings. The minimum Gasteiger partial charge on any atom is -0.668 e. The number of aromatic nitrogens is 2. The maximum Gasteiger partial charge on any atom is 0.0562 e. The fourth-order valence-corrected chi connectivity index (χ4v) is 7.60. The number of aliphatic imine (C=N–C) groups is 1. The number of para-hydroxylation sites is 2. The summed E-state index contributed by atoms with van der Waals surface area (Å²) in [4.78, 5) is 5.11. The molecule has 2 aromatic heterocycles.